The van der Waals surface area contributed by atoms with E-state index in [1.54, 1.807) is 7.05 Å². The second-order valence-corrected chi connectivity index (χ2v) is 1.51. The van der Waals surface area contributed by atoms with Gasteiger partial charge < -0.3 is 0 Å². The Morgan fingerprint density at radius 3 is 2.14 bits per heavy atom. The van der Waals surface area contributed by atoms with Gasteiger partial charge in [0, 0.05) is 7.05 Å². The maximum Gasteiger partial charge on any atom is 0.0824 e. The number of hydrogen-bond donors (Lipinski definition) is 3. The summed E-state index contributed by atoms with van der Waals surface area (Å²) in [6.07, 6.45) is 0.0417. The van der Waals surface area contributed by atoms with Gasteiger partial charge in [0.2, 0.25) is 0 Å². The highest BCUT2D eigenvalue weighted by molar-refractivity contribution is 4.45. The Morgan fingerprint density at radius 2 is 2.14 bits per heavy atom. The second-order valence-electron chi connectivity index (χ2n) is 1.51. The molecule has 0 heterocycles. The SMILES string of the molecule is CC(NN)N(C)N. The van der Waals surface area contributed by atoms with Crippen molar-refractivity contribution < 1.29 is 0 Å². The lowest BCUT2D eigenvalue weighted by Crippen LogP contribution is -2.48. The van der Waals surface area contributed by atoms with Crippen LogP contribution < -0.4 is 17.1 Å². The normalized spacial score (nSPS) is 15.0. The van der Waals surface area contributed by atoms with Crippen molar-refractivity contribution in [3.05, 3.63) is 0 Å². The molecular formula is C3H12N4. The van der Waals surface area contributed by atoms with Gasteiger partial charge in [-0.25, -0.2) is 10.4 Å². The first-order valence-corrected chi connectivity index (χ1v) is 2.12. The number of nitrogens with two attached hydrogens (primary N) is 2. The van der Waals surface area contributed by atoms with Crippen LogP contribution in [0.15, 0.2) is 0 Å². The standard InChI is InChI=1S/C3H12N4/c1-3(6-4)7(2)5/h3,6H,4-5H2,1-2H3. The Bertz CT molecular complexity index is 44.2. The molecule has 1 unspecified atom stereocenters. The highest BCUT2D eigenvalue weighted by Crippen LogP contribution is 1.75. The number of nitrogens with zero attached hydrogens (tertiary/aromatic N) is 1. The molecule has 0 rings (SSSR count). The first kappa shape index (κ1) is 6.84. The highest BCUT2D eigenvalue weighted by Gasteiger charge is 1.97. The molecule has 0 aliphatic heterocycles. The molecule has 0 amide bonds. The fraction of sp³-hybridized carbons (Fsp3) is 1.00. The number of hydrogen-bond acceptors (Lipinski definition) is 4. The van der Waals surface area contributed by atoms with Crippen molar-refractivity contribution >= 4 is 0 Å². The molecule has 7 heavy (non-hydrogen) atoms. The zero-order chi connectivity index (χ0) is 5.86. The first-order chi connectivity index (χ1) is 3.18. The number of hydrazine groups is 2. The molecular weight excluding hydrogens is 92.1 g/mol. The van der Waals surface area contributed by atoms with Crippen LogP contribution in [-0.2, 0) is 0 Å². The molecule has 5 N–H and O–H groups in total. The summed E-state index contributed by atoms with van der Waals surface area (Å²) in [5.41, 5.74) is 2.47. The van der Waals surface area contributed by atoms with Crippen LogP contribution in [0.1, 0.15) is 6.92 Å². The Kier molecular flexibility index (Phi) is 2.86. The van der Waals surface area contributed by atoms with Crippen molar-refractivity contribution in [2.75, 3.05) is 7.05 Å². The molecule has 4 heteroatoms. The topological polar surface area (TPSA) is 67.3 Å². The van der Waals surface area contributed by atoms with Gasteiger partial charge in [0.1, 0.15) is 0 Å². The predicted molar refractivity (Wildman–Crippen MR) is 28.7 cm³/mol. The smallest absolute Gasteiger partial charge is 0.0824 e. The molecule has 0 fully saturated rings. The molecule has 0 bridgehead atoms. The van der Waals surface area contributed by atoms with Gasteiger partial charge in [-0.1, -0.05) is 0 Å². The third-order valence-corrected chi connectivity index (χ3v) is 0.852. The van der Waals surface area contributed by atoms with E-state index in [1.165, 1.54) is 5.01 Å². The van der Waals surface area contributed by atoms with Crippen molar-refractivity contribution in [3.63, 3.8) is 0 Å². The Balaban J connectivity index is 3.14. The van der Waals surface area contributed by atoms with Gasteiger partial charge in [-0.3, -0.25) is 11.7 Å². The van der Waals surface area contributed by atoms with Gasteiger partial charge in [0.15, 0.2) is 0 Å². The molecule has 1 atom stereocenters. The lowest BCUT2D eigenvalue weighted by molar-refractivity contribution is 0.227. The van der Waals surface area contributed by atoms with Gasteiger partial charge in [0.05, 0.1) is 6.17 Å². The third kappa shape index (κ3) is 2.52. The van der Waals surface area contributed by atoms with Crippen LogP contribution in [0.5, 0.6) is 0 Å². The minimum absolute atomic E-state index is 0.0417. The minimum atomic E-state index is 0.0417. The largest absolute Gasteiger partial charge is 0.270 e. The summed E-state index contributed by atoms with van der Waals surface area (Å²) in [5, 5.41) is 1.49. The molecule has 0 radical (unpaired) electrons. The highest BCUT2D eigenvalue weighted by atomic mass is 15.5. The first-order valence-electron chi connectivity index (χ1n) is 2.12. The van der Waals surface area contributed by atoms with Crippen LogP contribution in [0.25, 0.3) is 0 Å². The Hall–Kier alpha value is -0.160. The van der Waals surface area contributed by atoms with Crippen molar-refractivity contribution in [1.29, 1.82) is 0 Å². The molecule has 0 saturated heterocycles. The second kappa shape index (κ2) is 2.92. The van der Waals surface area contributed by atoms with Crippen LogP contribution in [0.3, 0.4) is 0 Å². The summed E-state index contributed by atoms with van der Waals surface area (Å²) < 4.78 is 0. The maximum atomic E-state index is 5.24. The summed E-state index contributed by atoms with van der Waals surface area (Å²) in [6, 6.07) is 0. The van der Waals surface area contributed by atoms with E-state index in [0.29, 0.717) is 0 Å². The predicted octanol–water partition coefficient (Wildman–Crippen LogP) is -1.40. The van der Waals surface area contributed by atoms with Crippen LogP contribution in [0.4, 0.5) is 0 Å². The van der Waals surface area contributed by atoms with Gasteiger partial charge in [-0.05, 0) is 6.92 Å². The van der Waals surface area contributed by atoms with Crippen molar-refractivity contribution in [2.24, 2.45) is 11.7 Å². The minimum Gasteiger partial charge on any atom is -0.270 e. The zero-order valence-electron chi connectivity index (χ0n) is 4.68. The molecule has 0 saturated carbocycles. The Labute approximate surface area is 43.4 Å². The fourth-order valence-electron chi connectivity index (χ4n) is 0.118. The van der Waals surface area contributed by atoms with E-state index in [9.17, 15) is 0 Å². The molecule has 0 spiro atoms. The van der Waals surface area contributed by atoms with Crippen molar-refractivity contribution in [3.8, 4) is 0 Å². The van der Waals surface area contributed by atoms with Crippen LogP contribution in [-0.4, -0.2) is 18.2 Å². The fourth-order valence-corrected chi connectivity index (χ4v) is 0.118. The van der Waals surface area contributed by atoms with Crippen molar-refractivity contribution in [2.45, 2.75) is 13.1 Å². The molecule has 4 nitrogen and oxygen atoms in total. The van der Waals surface area contributed by atoms with E-state index in [0.717, 1.165) is 0 Å². The molecule has 0 aromatic carbocycles. The summed E-state index contributed by atoms with van der Waals surface area (Å²) in [7, 11) is 1.74. The average molecular weight is 104 g/mol. The van der Waals surface area contributed by atoms with Gasteiger partial charge in [0.25, 0.3) is 0 Å². The molecule has 0 aromatic heterocycles. The molecule has 0 aromatic rings. The van der Waals surface area contributed by atoms with Crippen LogP contribution in [0.2, 0.25) is 0 Å². The molecule has 44 valence electrons. The van der Waals surface area contributed by atoms with Crippen LogP contribution >= 0.6 is 0 Å². The molecule has 0 aliphatic carbocycles. The van der Waals surface area contributed by atoms with E-state index >= 15 is 0 Å². The summed E-state index contributed by atoms with van der Waals surface area (Å²) in [5.74, 6) is 10.2. The average Bonchev–Trinajstić information content (AvgIpc) is 1.65. The number of rotatable bonds is 2. The number of nitrogens with one attached hydrogen (secondary N) is 1. The lowest BCUT2D eigenvalue weighted by atomic mass is 10.6. The van der Waals surface area contributed by atoms with Gasteiger partial charge in [-0.2, -0.15) is 0 Å². The molecule has 0 aliphatic rings. The third-order valence-electron chi connectivity index (χ3n) is 0.852. The zero-order valence-corrected chi connectivity index (χ0v) is 4.68. The van der Waals surface area contributed by atoms with E-state index in [2.05, 4.69) is 5.43 Å². The lowest BCUT2D eigenvalue weighted by Gasteiger charge is -2.16. The summed E-state index contributed by atoms with van der Waals surface area (Å²) in [4.78, 5) is 0. The quantitative estimate of drug-likeness (QED) is 0.229. The van der Waals surface area contributed by atoms with E-state index in [-0.39, 0.29) is 6.17 Å². The maximum absolute atomic E-state index is 5.24. The van der Waals surface area contributed by atoms with E-state index < -0.39 is 0 Å². The van der Waals surface area contributed by atoms with E-state index in [1.807, 2.05) is 6.92 Å². The van der Waals surface area contributed by atoms with Gasteiger partial charge in [-0.15, -0.1) is 0 Å². The van der Waals surface area contributed by atoms with E-state index in [4.69, 9.17) is 11.7 Å². The monoisotopic (exact) mass is 104 g/mol. The van der Waals surface area contributed by atoms with Gasteiger partial charge >= 0.3 is 0 Å². The summed E-state index contributed by atoms with van der Waals surface area (Å²) >= 11 is 0. The Morgan fingerprint density at radius 1 is 1.71 bits per heavy atom. The van der Waals surface area contributed by atoms with Crippen LogP contribution in [0, 0.1) is 0 Å². The summed E-state index contributed by atoms with van der Waals surface area (Å²) in [6.45, 7) is 1.86. The van der Waals surface area contributed by atoms with Crippen molar-refractivity contribution in [1.82, 2.24) is 10.4 Å².